The SMILES string of the molecule is Cn1nccc1CCOc1ccc(S(=O)(=O)Cl)cc1Br. The quantitative estimate of drug-likeness (QED) is 0.750. The molecule has 2 rings (SSSR count). The fourth-order valence-corrected chi connectivity index (χ4v) is 3.08. The summed E-state index contributed by atoms with van der Waals surface area (Å²) in [5.41, 5.74) is 1.06. The Bertz CT molecular complexity index is 715. The van der Waals surface area contributed by atoms with Gasteiger partial charge in [0.25, 0.3) is 9.05 Å². The average molecular weight is 380 g/mol. The Kier molecular flexibility index (Phi) is 4.72. The molecule has 2 aromatic rings. The normalized spacial score (nSPS) is 11.6. The first-order chi connectivity index (χ1) is 9.38. The van der Waals surface area contributed by atoms with E-state index in [1.807, 2.05) is 13.1 Å². The highest BCUT2D eigenvalue weighted by atomic mass is 79.9. The van der Waals surface area contributed by atoms with Crippen LogP contribution in [0.3, 0.4) is 0 Å². The number of hydrogen-bond donors (Lipinski definition) is 0. The van der Waals surface area contributed by atoms with Gasteiger partial charge in [-0.3, -0.25) is 4.68 Å². The average Bonchev–Trinajstić information content (AvgIpc) is 2.76. The molecule has 0 aliphatic rings. The molecule has 0 unspecified atom stereocenters. The van der Waals surface area contributed by atoms with E-state index in [0.29, 0.717) is 23.2 Å². The van der Waals surface area contributed by atoms with Crippen LogP contribution in [0.25, 0.3) is 0 Å². The Morgan fingerprint density at radius 1 is 1.40 bits per heavy atom. The van der Waals surface area contributed by atoms with Crippen LogP contribution in [-0.4, -0.2) is 24.8 Å². The predicted octanol–water partition coefficient (Wildman–Crippen LogP) is 2.73. The van der Waals surface area contributed by atoms with E-state index in [1.165, 1.54) is 12.1 Å². The summed E-state index contributed by atoms with van der Waals surface area (Å²) in [6, 6.07) is 6.32. The van der Waals surface area contributed by atoms with E-state index in [9.17, 15) is 8.42 Å². The summed E-state index contributed by atoms with van der Waals surface area (Å²) in [5, 5.41) is 4.07. The molecule has 0 fully saturated rings. The number of hydrogen-bond acceptors (Lipinski definition) is 4. The molecule has 0 aliphatic heterocycles. The maximum absolute atomic E-state index is 11.2. The number of benzene rings is 1. The maximum atomic E-state index is 11.2. The van der Waals surface area contributed by atoms with Crippen molar-refractivity contribution in [2.24, 2.45) is 7.05 Å². The molecule has 108 valence electrons. The largest absolute Gasteiger partial charge is 0.492 e. The van der Waals surface area contributed by atoms with Gasteiger partial charge in [-0.05, 0) is 40.2 Å². The van der Waals surface area contributed by atoms with E-state index < -0.39 is 9.05 Å². The van der Waals surface area contributed by atoms with E-state index in [-0.39, 0.29) is 4.90 Å². The van der Waals surface area contributed by atoms with Gasteiger partial charge in [0.1, 0.15) is 5.75 Å². The van der Waals surface area contributed by atoms with Crippen molar-refractivity contribution in [1.82, 2.24) is 9.78 Å². The second kappa shape index (κ2) is 6.15. The number of halogens is 2. The highest BCUT2D eigenvalue weighted by Gasteiger charge is 2.12. The molecule has 0 radical (unpaired) electrons. The lowest BCUT2D eigenvalue weighted by atomic mass is 10.3. The molecular formula is C12H12BrClN2O3S. The Hall–Kier alpha value is -1.05. The summed E-state index contributed by atoms with van der Waals surface area (Å²) in [6.45, 7) is 0.463. The number of aromatic nitrogens is 2. The molecule has 0 saturated heterocycles. The third-order valence-corrected chi connectivity index (χ3v) is 4.69. The first-order valence-electron chi connectivity index (χ1n) is 5.72. The molecule has 0 N–H and O–H groups in total. The first kappa shape index (κ1) is 15.3. The standard InChI is InChI=1S/C12H12BrClN2O3S/c1-16-9(4-6-15-16)5-7-19-12-3-2-10(8-11(12)13)20(14,17)18/h2-4,6,8H,5,7H2,1H3. The molecule has 0 saturated carbocycles. The third kappa shape index (κ3) is 3.74. The Morgan fingerprint density at radius 3 is 2.70 bits per heavy atom. The van der Waals surface area contributed by atoms with Crippen LogP contribution in [0, 0.1) is 0 Å². The summed E-state index contributed by atoms with van der Waals surface area (Å²) in [6.07, 6.45) is 2.43. The minimum atomic E-state index is -3.73. The van der Waals surface area contributed by atoms with Gasteiger partial charge in [-0.1, -0.05) is 0 Å². The van der Waals surface area contributed by atoms with E-state index >= 15 is 0 Å². The topological polar surface area (TPSA) is 61.2 Å². The van der Waals surface area contributed by atoms with Crippen molar-refractivity contribution >= 4 is 35.7 Å². The zero-order valence-electron chi connectivity index (χ0n) is 10.6. The zero-order valence-corrected chi connectivity index (χ0v) is 13.7. The number of nitrogens with zero attached hydrogens (tertiary/aromatic N) is 2. The lowest BCUT2D eigenvalue weighted by Gasteiger charge is -2.09. The van der Waals surface area contributed by atoms with Gasteiger partial charge in [-0.2, -0.15) is 5.10 Å². The van der Waals surface area contributed by atoms with Crippen molar-refractivity contribution in [1.29, 1.82) is 0 Å². The summed E-state index contributed by atoms with van der Waals surface area (Å²) >= 11 is 3.27. The van der Waals surface area contributed by atoms with E-state index in [4.69, 9.17) is 15.4 Å². The van der Waals surface area contributed by atoms with Crippen molar-refractivity contribution in [2.45, 2.75) is 11.3 Å². The summed E-state index contributed by atoms with van der Waals surface area (Å²) in [7, 11) is 3.41. The second-order valence-electron chi connectivity index (χ2n) is 4.07. The van der Waals surface area contributed by atoms with Crippen molar-refractivity contribution in [3.8, 4) is 5.75 Å². The summed E-state index contributed by atoms with van der Waals surface area (Å²) in [4.78, 5) is 0.0324. The van der Waals surface area contributed by atoms with E-state index in [0.717, 1.165) is 5.69 Å². The number of rotatable bonds is 5. The van der Waals surface area contributed by atoms with Crippen molar-refractivity contribution in [2.75, 3.05) is 6.61 Å². The van der Waals surface area contributed by atoms with Gasteiger partial charge in [0.2, 0.25) is 0 Å². The number of ether oxygens (including phenoxy) is 1. The van der Waals surface area contributed by atoms with Gasteiger partial charge < -0.3 is 4.74 Å². The predicted molar refractivity (Wildman–Crippen MR) is 79.6 cm³/mol. The Labute approximate surface area is 130 Å². The van der Waals surface area contributed by atoms with E-state index in [2.05, 4.69) is 21.0 Å². The molecule has 0 bridgehead atoms. The zero-order chi connectivity index (χ0) is 14.8. The molecule has 20 heavy (non-hydrogen) atoms. The van der Waals surface area contributed by atoms with Gasteiger partial charge in [0.15, 0.2) is 0 Å². The van der Waals surface area contributed by atoms with Gasteiger partial charge in [-0.15, -0.1) is 0 Å². The highest BCUT2D eigenvalue weighted by molar-refractivity contribution is 9.10. The fourth-order valence-electron chi connectivity index (χ4n) is 1.66. The van der Waals surface area contributed by atoms with Crippen LogP contribution in [0.5, 0.6) is 5.75 Å². The molecule has 0 atom stereocenters. The van der Waals surface area contributed by atoms with Crippen LogP contribution in [0.4, 0.5) is 0 Å². The third-order valence-electron chi connectivity index (χ3n) is 2.72. The smallest absolute Gasteiger partial charge is 0.261 e. The van der Waals surface area contributed by atoms with E-state index in [1.54, 1.807) is 16.9 Å². The lowest BCUT2D eigenvalue weighted by Crippen LogP contribution is -2.06. The van der Waals surface area contributed by atoms with Crippen LogP contribution >= 0.6 is 26.6 Å². The fraction of sp³-hybridized carbons (Fsp3) is 0.250. The molecular weight excluding hydrogens is 368 g/mol. The van der Waals surface area contributed by atoms with Crippen LogP contribution in [-0.2, 0) is 22.5 Å². The van der Waals surface area contributed by atoms with Crippen molar-refractivity contribution < 1.29 is 13.2 Å². The van der Waals surface area contributed by atoms with Crippen LogP contribution in [0.2, 0.25) is 0 Å². The summed E-state index contributed by atoms with van der Waals surface area (Å²) in [5.74, 6) is 0.566. The minimum absolute atomic E-state index is 0.0324. The van der Waals surface area contributed by atoms with Crippen LogP contribution < -0.4 is 4.74 Å². The molecule has 0 aliphatic carbocycles. The molecule has 0 amide bonds. The lowest BCUT2D eigenvalue weighted by molar-refractivity contribution is 0.316. The molecule has 5 nitrogen and oxygen atoms in total. The van der Waals surface area contributed by atoms with Crippen LogP contribution in [0.1, 0.15) is 5.69 Å². The number of aryl methyl sites for hydroxylation is 1. The van der Waals surface area contributed by atoms with Crippen LogP contribution in [0.15, 0.2) is 39.8 Å². The molecule has 1 heterocycles. The summed E-state index contributed by atoms with van der Waals surface area (Å²) < 4.78 is 30.3. The second-order valence-corrected chi connectivity index (χ2v) is 7.49. The van der Waals surface area contributed by atoms with Gasteiger partial charge in [0.05, 0.1) is 16.0 Å². The van der Waals surface area contributed by atoms with Crippen molar-refractivity contribution in [3.63, 3.8) is 0 Å². The molecule has 1 aromatic carbocycles. The van der Waals surface area contributed by atoms with Gasteiger partial charge in [-0.25, -0.2) is 8.42 Å². The van der Waals surface area contributed by atoms with Gasteiger partial charge in [0, 0.05) is 36.0 Å². The molecule has 0 spiro atoms. The Morgan fingerprint density at radius 2 is 2.15 bits per heavy atom. The highest BCUT2D eigenvalue weighted by Crippen LogP contribution is 2.29. The van der Waals surface area contributed by atoms with Crippen molar-refractivity contribution in [3.05, 3.63) is 40.6 Å². The minimum Gasteiger partial charge on any atom is -0.492 e. The monoisotopic (exact) mass is 378 g/mol. The Balaban J connectivity index is 2.02. The first-order valence-corrected chi connectivity index (χ1v) is 8.82. The molecule has 8 heteroatoms. The maximum Gasteiger partial charge on any atom is 0.261 e. The molecule has 1 aromatic heterocycles. The van der Waals surface area contributed by atoms with Gasteiger partial charge >= 0.3 is 0 Å².